The third kappa shape index (κ3) is 3.51. The SMILES string of the molecule is Cc1nc2ccc(C(=O)NCCN3CCOCC3=O)cc2nc1C. The van der Waals surface area contributed by atoms with E-state index in [0.29, 0.717) is 37.3 Å². The minimum atomic E-state index is -0.183. The number of hydrogen-bond donors (Lipinski definition) is 1. The number of nitrogens with zero attached hydrogens (tertiary/aromatic N) is 3. The van der Waals surface area contributed by atoms with Crippen LogP contribution in [0.15, 0.2) is 18.2 Å². The fourth-order valence-electron chi connectivity index (χ4n) is 2.57. The Bertz CT molecular complexity index is 791. The normalized spacial score (nSPS) is 14.9. The molecule has 0 radical (unpaired) electrons. The molecule has 0 aliphatic carbocycles. The van der Waals surface area contributed by atoms with Gasteiger partial charge in [-0.1, -0.05) is 0 Å². The van der Waals surface area contributed by atoms with Crippen molar-refractivity contribution in [2.24, 2.45) is 0 Å². The quantitative estimate of drug-likeness (QED) is 0.899. The van der Waals surface area contributed by atoms with E-state index >= 15 is 0 Å². The zero-order valence-electron chi connectivity index (χ0n) is 13.8. The van der Waals surface area contributed by atoms with Crippen LogP contribution in [0.25, 0.3) is 11.0 Å². The summed E-state index contributed by atoms with van der Waals surface area (Å²) in [5, 5.41) is 2.84. The van der Waals surface area contributed by atoms with Crippen molar-refractivity contribution in [1.29, 1.82) is 0 Å². The third-order valence-corrected chi connectivity index (χ3v) is 4.09. The standard InChI is InChI=1S/C17H20N4O3/c1-11-12(2)20-15-9-13(3-4-14(15)19-11)17(23)18-5-6-21-7-8-24-10-16(21)22/h3-4,9H,5-8,10H2,1-2H3,(H,18,23). The second kappa shape index (κ2) is 6.92. The van der Waals surface area contributed by atoms with Crippen LogP contribution >= 0.6 is 0 Å². The predicted octanol–water partition coefficient (Wildman–Crippen LogP) is 0.835. The smallest absolute Gasteiger partial charge is 0.251 e. The van der Waals surface area contributed by atoms with E-state index in [2.05, 4.69) is 15.3 Å². The molecule has 7 heteroatoms. The molecular weight excluding hydrogens is 308 g/mol. The van der Waals surface area contributed by atoms with Crippen LogP contribution in [0, 0.1) is 13.8 Å². The number of aryl methyl sites for hydroxylation is 2. The lowest BCUT2D eigenvalue weighted by atomic mass is 10.1. The molecule has 2 heterocycles. The summed E-state index contributed by atoms with van der Waals surface area (Å²) in [6.07, 6.45) is 0. The van der Waals surface area contributed by atoms with Crippen LogP contribution in [0.4, 0.5) is 0 Å². The van der Waals surface area contributed by atoms with Crippen LogP contribution in [0.3, 0.4) is 0 Å². The molecule has 3 rings (SSSR count). The summed E-state index contributed by atoms with van der Waals surface area (Å²) in [6.45, 7) is 5.93. The second-order valence-electron chi connectivity index (χ2n) is 5.79. The summed E-state index contributed by atoms with van der Waals surface area (Å²) in [5.74, 6) is -0.222. The van der Waals surface area contributed by atoms with Gasteiger partial charge in [-0.05, 0) is 32.0 Å². The molecule has 2 aromatic rings. The van der Waals surface area contributed by atoms with Gasteiger partial charge in [0.1, 0.15) is 6.61 Å². The summed E-state index contributed by atoms with van der Waals surface area (Å²) in [6, 6.07) is 5.28. The summed E-state index contributed by atoms with van der Waals surface area (Å²) >= 11 is 0. The first-order chi connectivity index (χ1) is 11.5. The first kappa shape index (κ1) is 16.3. The average molecular weight is 328 g/mol. The topological polar surface area (TPSA) is 84.4 Å². The largest absolute Gasteiger partial charge is 0.370 e. The van der Waals surface area contributed by atoms with E-state index in [1.54, 1.807) is 23.1 Å². The van der Waals surface area contributed by atoms with Crippen LogP contribution in [-0.2, 0) is 9.53 Å². The molecule has 0 saturated carbocycles. The molecule has 1 fully saturated rings. The van der Waals surface area contributed by atoms with Gasteiger partial charge in [0.25, 0.3) is 5.91 Å². The van der Waals surface area contributed by atoms with E-state index < -0.39 is 0 Å². The number of ether oxygens (including phenoxy) is 1. The van der Waals surface area contributed by atoms with Crippen LogP contribution in [0.2, 0.25) is 0 Å². The molecule has 0 atom stereocenters. The highest BCUT2D eigenvalue weighted by Gasteiger charge is 2.18. The number of aromatic nitrogens is 2. The van der Waals surface area contributed by atoms with Crippen molar-refractivity contribution in [3.05, 3.63) is 35.2 Å². The van der Waals surface area contributed by atoms with Crippen LogP contribution in [0.5, 0.6) is 0 Å². The van der Waals surface area contributed by atoms with Gasteiger partial charge in [0, 0.05) is 25.2 Å². The number of fused-ring (bicyclic) bond motifs is 1. The maximum absolute atomic E-state index is 12.3. The number of nitrogens with one attached hydrogen (secondary N) is 1. The Balaban J connectivity index is 1.63. The first-order valence-corrected chi connectivity index (χ1v) is 7.93. The second-order valence-corrected chi connectivity index (χ2v) is 5.79. The van der Waals surface area contributed by atoms with E-state index in [1.165, 1.54) is 0 Å². The fraction of sp³-hybridized carbons (Fsp3) is 0.412. The van der Waals surface area contributed by atoms with Crippen molar-refractivity contribution in [3.63, 3.8) is 0 Å². The number of benzene rings is 1. The Hall–Kier alpha value is -2.54. The van der Waals surface area contributed by atoms with Crippen molar-refractivity contribution in [2.75, 3.05) is 32.8 Å². The predicted molar refractivity (Wildman–Crippen MR) is 88.7 cm³/mol. The van der Waals surface area contributed by atoms with Crippen molar-refractivity contribution < 1.29 is 14.3 Å². The van der Waals surface area contributed by atoms with E-state index in [-0.39, 0.29) is 18.4 Å². The molecule has 7 nitrogen and oxygen atoms in total. The van der Waals surface area contributed by atoms with Gasteiger partial charge in [-0.3, -0.25) is 9.59 Å². The lowest BCUT2D eigenvalue weighted by Gasteiger charge is -2.26. The molecule has 24 heavy (non-hydrogen) atoms. The van der Waals surface area contributed by atoms with Crippen LogP contribution in [-0.4, -0.2) is 59.5 Å². The third-order valence-electron chi connectivity index (χ3n) is 4.09. The Kier molecular flexibility index (Phi) is 4.71. The number of carbonyl (C=O) groups excluding carboxylic acids is 2. The molecule has 0 unspecified atom stereocenters. The summed E-state index contributed by atoms with van der Waals surface area (Å²) < 4.78 is 5.08. The molecule has 126 valence electrons. The number of hydrogen-bond acceptors (Lipinski definition) is 5. The minimum absolute atomic E-state index is 0.0395. The van der Waals surface area contributed by atoms with E-state index in [0.717, 1.165) is 16.9 Å². The van der Waals surface area contributed by atoms with Crippen molar-refractivity contribution in [1.82, 2.24) is 20.2 Å². The number of morpholine rings is 1. The Morgan fingerprint density at radius 3 is 2.75 bits per heavy atom. The van der Waals surface area contributed by atoms with Gasteiger partial charge in [0.05, 0.1) is 29.0 Å². The van der Waals surface area contributed by atoms with E-state index in [1.807, 2.05) is 13.8 Å². The molecule has 1 aromatic heterocycles. The first-order valence-electron chi connectivity index (χ1n) is 7.93. The Labute approximate surface area is 140 Å². The zero-order valence-corrected chi connectivity index (χ0v) is 13.8. The highest BCUT2D eigenvalue weighted by molar-refractivity contribution is 5.97. The maximum atomic E-state index is 12.3. The highest BCUT2D eigenvalue weighted by Crippen LogP contribution is 2.14. The van der Waals surface area contributed by atoms with Crippen molar-refractivity contribution in [3.8, 4) is 0 Å². The lowest BCUT2D eigenvalue weighted by molar-refractivity contribution is -0.142. The Morgan fingerprint density at radius 1 is 1.25 bits per heavy atom. The summed E-state index contributed by atoms with van der Waals surface area (Å²) in [4.78, 5) is 34.5. The highest BCUT2D eigenvalue weighted by atomic mass is 16.5. The monoisotopic (exact) mass is 328 g/mol. The number of amides is 2. The summed E-state index contributed by atoms with van der Waals surface area (Å²) in [7, 11) is 0. The van der Waals surface area contributed by atoms with Crippen LogP contribution < -0.4 is 5.32 Å². The van der Waals surface area contributed by atoms with Crippen molar-refractivity contribution >= 4 is 22.8 Å². The van der Waals surface area contributed by atoms with E-state index in [4.69, 9.17) is 4.74 Å². The maximum Gasteiger partial charge on any atom is 0.251 e. The molecule has 1 aromatic carbocycles. The van der Waals surface area contributed by atoms with Gasteiger partial charge in [-0.2, -0.15) is 0 Å². The van der Waals surface area contributed by atoms with Gasteiger partial charge < -0.3 is 15.0 Å². The molecule has 1 aliphatic rings. The van der Waals surface area contributed by atoms with Gasteiger partial charge in [-0.25, -0.2) is 9.97 Å². The molecule has 1 N–H and O–H groups in total. The molecule has 0 spiro atoms. The molecule has 2 amide bonds. The fourth-order valence-corrected chi connectivity index (χ4v) is 2.57. The number of carbonyl (C=O) groups is 2. The van der Waals surface area contributed by atoms with Gasteiger partial charge in [0.2, 0.25) is 5.91 Å². The number of rotatable bonds is 4. The Morgan fingerprint density at radius 2 is 2.00 bits per heavy atom. The molecule has 1 saturated heterocycles. The lowest BCUT2D eigenvalue weighted by Crippen LogP contribution is -2.45. The van der Waals surface area contributed by atoms with Gasteiger partial charge in [-0.15, -0.1) is 0 Å². The van der Waals surface area contributed by atoms with Gasteiger partial charge >= 0.3 is 0 Å². The minimum Gasteiger partial charge on any atom is -0.370 e. The van der Waals surface area contributed by atoms with E-state index in [9.17, 15) is 9.59 Å². The van der Waals surface area contributed by atoms with Gasteiger partial charge in [0.15, 0.2) is 0 Å². The van der Waals surface area contributed by atoms with Crippen molar-refractivity contribution in [2.45, 2.75) is 13.8 Å². The zero-order chi connectivity index (χ0) is 17.1. The molecule has 0 bridgehead atoms. The summed E-state index contributed by atoms with van der Waals surface area (Å²) in [5.41, 5.74) is 3.75. The molecule has 1 aliphatic heterocycles. The average Bonchev–Trinajstić information content (AvgIpc) is 2.57. The van der Waals surface area contributed by atoms with Crippen LogP contribution in [0.1, 0.15) is 21.7 Å². The molecular formula is C17H20N4O3.